The van der Waals surface area contributed by atoms with Crippen LogP contribution in [0.4, 0.5) is 0 Å². The molecule has 0 aliphatic rings. The third kappa shape index (κ3) is 3.18. The third-order valence-electron chi connectivity index (χ3n) is 2.21. The summed E-state index contributed by atoms with van der Waals surface area (Å²) in [6, 6.07) is 0. The molecule has 0 aromatic heterocycles. The Kier molecular flexibility index (Phi) is 4.65. The lowest BCUT2D eigenvalue weighted by Gasteiger charge is -2.27. The summed E-state index contributed by atoms with van der Waals surface area (Å²) in [5.41, 5.74) is 0.185. The highest BCUT2D eigenvalue weighted by molar-refractivity contribution is 4.78. The Balaban J connectivity index is 3.58. The molecule has 0 aromatic carbocycles. The zero-order valence-corrected chi connectivity index (χ0v) is 7.24. The topological polar surface area (TPSA) is 31.9 Å². The average Bonchev–Trinajstić information content (AvgIpc) is 2.00. The minimum atomic E-state index is -0.0183. The molecule has 2 heteroatoms. The Morgan fingerprint density at radius 3 is 2.10 bits per heavy atom. The predicted molar refractivity (Wildman–Crippen MR) is 42.5 cm³/mol. The van der Waals surface area contributed by atoms with Gasteiger partial charge in [-0.05, 0) is 19.8 Å². The Labute approximate surface area is 63.6 Å². The summed E-state index contributed by atoms with van der Waals surface area (Å²) < 4.78 is 0. The third-order valence-corrected chi connectivity index (χ3v) is 2.21. The maximum atomic E-state index is 10.1. The van der Waals surface area contributed by atoms with Crippen LogP contribution < -0.4 is 5.32 Å². The van der Waals surface area contributed by atoms with E-state index in [2.05, 4.69) is 26.1 Å². The Morgan fingerprint density at radius 1 is 1.30 bits per heavy atom. The molecule has 0 bridgehead atoms. The lowest BCUT2D eigenvalue weighted by Crippen LogP contribution is -2.42. The standard InChI is InChI=1S/C8H18NO/c1-4-8(3,5-2)9-6-7-10/h9H,4-7H2,1-3H3. The molecule has 0 aliphatic carbocycles. The second kappa shape index (κ2) is 4.69. The zero-order chi connectivity index (χ0) is 8.04. The molecule has 0 aromatic rings. The highest BCUT2D eigenvalue weighted by Crippen LogP contribution is 2.12. The summed E-state index contributed by atoms with van der Waals surface area (Å²) in [7, 11) is 0. The van der Waals surface area contributed by atoms with E-state index in [1.54, 1.807) is 0 Å². The van der Waals surface area contributed by atoms with Crippen LogP contribution in [-0.4, -0.2) is 18.7 Å². The van der Waals surface area contributed by atoms with Gasteiger partial charge < -0.3 is 5.32 Å². The molecule has 2 nitrogen and oxygen atoms in total. The van der Waals surface area contributed by atoms with Crippen molar-refractivity contribution in [2.24, 2.45) is 0 Å². The van der Waals surface area contributed by atoms with E-state index in [0.717, 1.165) is 12.8 Å². The van der Waals surface area contributed by atoms with Crippen LogP contribution in [-0.2, 0) is 5.11 Å². The van der Waals surface area contributed by atoms with Crippen molar-refractivity contribution in [3.63, 3.8) is 0 Å². The molecule has 10 heavy (non-hydrogen) atoms. The fourth-order valence-electron chi connectivity index (χ4n) is 0.853. The monoisotopic (exact) mass is 144 g/mol. The van der Waals surface area contributed by atoms with Gasteiger partial charge in [0.05, 0.1) is 6.61 Å². The van der Waals surface area contributed by atoms with E-state index in [0.29, 0.717) is 6.54 Å². The van der Waals surface area contributed by atoms with Crippen molar-refractivity contribution in [1.29, 1.82) is 0 Å². The minimum Gasteiger partial charge on any atom is -0.309 e. The van der Waals surface area contributed by atoms with Crippen LogP contribution in [0.1, 0.15) is 33.6 Å². The van der Waals surface area contributed by atoms with Crippen molar-refractivity contribution in [2.75, 3.05) is 13.2 Å². The summed E-state index contributed by atoms with van der Waals surface area (Å²) in [4.78, 5) is 0. The van der Waals surface area contributed by atoms with Crippen LogP contribution >= 0.6 is 0 Å². The Morgan fingerprint density at radius 2 is 1.80 bits per heavy atom. The Hall–Kier alpha value is -0.0800. The molecule has 61 valence electrons. The average molecular weight is 144 g/mol. The first-order valence-corrected chi connectivity index (χ1v) is 4.01. The number of rotatable bonds is 5. The summed E-state index contributed by atoms with van der Waals surface area (Å²) in [6.45, 7) is 7.01. The smallest absolute Gasteiger partial charge is 0.0946 e. The summed E-state index contributed by atoms with van der Waals surface area (Å²) >= 11 is 0. The van der Waals surface area contributed by atoms with Crippen molar-refractivity contribution in [3.8, 4) is 0 Å². The van der Waals surface area contributed by atoms with Crippen LogP contribution in [0.2, 0.25) is 0 Å². The number of hydrogen-bond donors (Lipinski definition) is 1. The first-order chi connectivity index (χ1) is 4.68. The Bertz CT molecular complexity index is 79.3. The van der Waals surface area contributed by atoms with Crippen LogP contribution in [0, 0.1) is 0 Å². The lowest BCUT2D eigenvalue weighted by atomic mass is 9.96. The van der Waals surface area contributed by atoms with Gasteiger partial charge in [0, 0.05) is 12.1 Å². The predicted octanol–water partition coefficient (Wildman–Crippen LogP) is 1.59. The SMILES string of the molecule is CCC(C)(CC)NCC[O]. The summed E-state index contributed by atoms with van der Waals surface area (Å²) in [5, 5.41) is 13.4. The highest BCUT2D eigenvalue weighted by atomic mass is 16.3. The molecule has 0 heterocycles. The highest BCUT2D eigenvalue weighted by Gasteiger charge is 2.17. The molecule has 0 atom stereocenters. The second-order valence-corrected chi connectivity index (χ2v) is 2.90. The van der Waals surface area contributed by atoms with Gasteiger partial charge in [-0.3, -0.25) is 0 Å². The molecule has 0 saturated carbocycles. The molecule has 0 amide bonds. The van der Waals surface area contributed by atoms with Crippen LogP contribution in [0.5, 0.6) is 0 Å². The lowest BCUT2D eigenvalue weighted by molar-refractivity contribution is 0.178. The van der Waals surface area contributed by atoms with Gasteiger partial charge in [-0.25, -0.2) is 5.11 Å². The van der Waals surface area contributed by atoms with Gasteiger partial charge in [0.1, 0.15) is 0 Å². The van der Waals surface area contributed by atoms with E-state index in [4.69, 9.17) is 0 Å². The normalized spacial score (nSPS) is 12.0. The van der Waals surface area contributed by atoms with E-state index >= 15 is 0 Å². The number of hydrogen-bond acceptors (Lipinski definition) is 1. The molecule has 0 unspecified atom stereocenters. The number of nitrogens with one attached hydrogen (secondary N) is 1. The molecular formula is C8H18NO. The van der Waals surface area contributed by atoms with E-state index in [1.807, 2.05) is 0 Å². The maximum Gasteiger partial charge on any atom is 0.0946 e. The van der Waals surface area contributed by atoms with Crippen molar-refractivity contribution in [3.05, 3.63) is 0 Å². The van der Waals surface area contributed by atoms with Gasteiger partial charge in [0.15, 0.2) is 0 Å². The zero-order valence-electron chi connectivity index (χ0n) is 7.24. The molecule has 0 saturated heterocycles. The van der Waals surface area contributed by atoms with Crippen molar-refractivity contribution in [2.45, 2.75) is 39.2 Å². The van der Waals surface area contributed by atoms with Crippen molar-refractivity contribution in [1.82, 2.24) is 5.32 Å². The molecule has 1 radical (unpaired) electrons. The van der Waals surface area contributed by atoms with Gasteiger partial charge in [0.25, 0.3) is 0 Å². The molecule has 0 spiro atoms. The van der Waals surface area contributed by atoms with Crippen LogP contribution in [0.15, 0.2) is 0 Å². The first kappa shape index (κ1) is 9.92. The molecular weight excluding hydrogens is 126 g/mol. The second-order valence-electron chi connectivity index (χ2n) is 2.90. The largest absolute Gasteiger partial charge is 0.309 e. The van der Waals surface area contributed by atoms with E-state index < -0.39 is 0 Å². The van der Waals surface area contributed by atoms with E-state index in [9.17, 15) is 5.11 Å². The van der Waals surface area contributed by atoms with Gasteiger partial charge in [-0.2, -0.15) is 0 Å². The van der Waals surface area contributed by atoms with Gasteiger partial charge in [-0.1, -0.05) is 13.8 Å². The summed E-state index contributed by atoms with van der Waals surface area (Å²) in [6.07, 6.45) is 2.17. The fraction of sp³-hybridized carbons (Fsp3) is 1.00. The van der Waals surface area contributed by atoms with Gasteiger partial charge in [0.2, 0.25) is 0 Å². The maximum absolute atomic E-state index is 10.1. The molecule has 0 rings (SSSR count). The quantitative estimate of drug-likeness (QED) is 0.624. The van der Waals surface area contributed by atoms with Crippen molar-refractivity contribution < 1.29 is 5.11 Å². The molecule has 0 fully saturated rings. The van der Waals surface area contributed by atoms with Crippen LogP contribution in [0.25, 0.3) is 0 Å². The summed E-state index contributed by atoms with van der Waals surface area (Å²) in [5.74, 6) is 0. The molecule has 0 aliphatic heterocycles. The van der Waals surface area contributed by atoms with E-state index in [-0.39, 0.29) is 12.1 Å². The van der Waals surface area contributed by atoms with Gasteiger partial charge >= 0.3 is 0 Å². The van der Waals surface area contributed by atoms with E-state index in [1.165, 1.54) is 0 Å². The van der Waals surface area contributed by atoms with Crippen LogP contribution in [0.3, 0.4) is 0 Å². The molecule has 1 N–H and O–H groups in total. The fourth-order valence-corrected chi connectivity index (χ4v) is 0.853. The first-order valence-electron chi connectivity index (χ1n) is 4.01. The minimum absolute atomic E-state index is 0.0183. The van der Waals surface area contributed by atoms with Gasteiger partial charge in [-0.15, -0.1) is 0 Å². The van der Waals surface area contributed by atoms with Crippen molar-refractivity contribution >= 4 is 0 Å².